The van der Waals surface area contributed by atoms with Gasteiger partial charge in [-0.1, -0.05) is 19.3 Å². The van der Waals surface area contributed by atoms with Crippen LogP contribution in [0.25, 0.3) is 0 Å². The van der Waals surface area contributed by atoms with Gasteiger partial charge in [0.15, 0.2) is 4.67 Å². The summed E-state index contributed by atoms with van der Waals surface area (Å²) in [5.41, 5.74) is 0. The van der Waals surface area contributed by atoms with E-state index in [-0.39, 0.29) is 4.90 Å². The lowest BCUT2D eigenvalue weighted by molar-refractivity contribution is 0.363. The summed E-state index contributed by atoms with van der Waals surface area (Å²) < 4.78 is 32.7. The molecule has 1 N–H and O–H groups in total. The highest BCUT2D eigenvalue weighted by atomic mass is 79.9. The number of sulfonamides is 1. The van der Waals surface area contributed by atoms with E-state index >= 15 is 0 Å². The minimum atomic E-state index is -3.46. The molecule has 114 valence electrons. The molecular formula is C13H21BrN2O3S. The number of furan rings is 1. The van der Waals surface area contributed by atoms with Crippen LogP contribution >= 0.6 is 15.9 Å². The average Bonchev–Trinajstić information content (AvgIpc) is 2.70. The van der Waals surface area contributed by atoms with E-state index in [2.05, 4.69) is 21.2 Å². The van der Waals surface area contributed by atoms with Crippen molar-refractivity contribution in [1.82, 2.24) is 9.62 Å². The van der Waals surface area contributed by atoms with Crippen molar-refractivity contribution in [2.24, 2.45) is 0 Å². The Kier molecular flexibility index (Phi) is 5.65. The van der Waals surface area contributed by atoms with Crippen molar-refractivity contribution in [1.29, 1.82) is 0 Å². The van der Waals surface area contributed by atoms with E-state index in [1.54, 1.807) is 17.4 Å². The lowest BCUT2D eigenvalue weighted by Crippen LogP contribution is -2.33. The lowest BCUT2D eigenvalue weighted by Gasteiger charge is -2.23. The van der Waals surface area contributed by atoms with Crippen LogP contribution in [-0.4, -0.2) is 32.9 Å². The molecule has 2 heterocycles. The molecule has 0 aromatic carbocycles. The SMILES string of the molecule is CNCc1cc(S(=O)(=O)N2CCCCCCC2)c(Br)o1. The largest absolute Gasteiger partial charge is 0.452 e. The van der Waals surface area contributed by atoms with Gasteiger partial charge in [-0.25, -0.2) is 8.42 Å². The molecule has 0 bridgehead atoms. The van der Waals surface area contributed by atoms with E-state index in [0.29, 0.717) is 30.1 Å². The Labute approximate surface area is 128 Å². The van der Waals surface area contributed by atoms with Crippen LogP contribution in [0.4, 0.5) is 0 Å². The van der Waals surface area contributed by atoms with Gasteiger partial charge in [-0.15, -0.1) is 0 Å². The number of nitrogens with zero attached hydrogens (tertiary/aromatic N) is 1. The van der Waals surface area contributed by atoms with Crippen molar-refractivity contribution < 1.29 is 12.8 Å². The summed E-state index contributed by atoms with van der Waals surface area (Å²) >= 11 is 3.22. The second-order valence-corrected chi connectivity index (χ2v) is 7.68. The first-order chi connectivity index (χ1) is 9.55. The summed E-state index contributed by atoms with van der Waals surface area (Å²) in [6, 6.07) is 1.61. The molecule has 0 amide bonds. The second-order valence-electron chi connectivity index (χ2n) is 5.05. The lowest BCUT2D eigenvalue weighted by atomic mass is 10.1. The van der Waals surface area contributed by atoms with Gasteiger partial charge >= 0.3 is 0 Å². The van der Waals surface area contributed by atoms with Gasteiger partial charge < -0.3 is 9.73 Å². The zero-order chi connectivity index (χ0) is 14.6. The summed E-state index contributed by atoms with van der Waals surface area (Å²) in [7, 11) is -1.67. The van der Waals surface area contributed by atoms with Gasteiger partial charge in [-0.2, -0.15) is 4.31 Å². The van der Waals surface area contributed by atoms with Gasteiger partial charge in [-0.3, -0.25) is 0 Å². The molecule has 0 radical (unpaired) electrons. The van der Waals surface area contributed by atoms with Gasteiger partial charge in [-0.05, 0) is 35.8 Å². The van der Waals surface area contributed by atoms with Crippen molar-refractivity contribution in [3.05, 3.63) is 16.5 Å². The van der Waals surface area contributed by atoms with Crippen LogP contribution in [0.1, 0.15) is 37.9 Å². The number of rotatable bonds is 4. The fraction of sp³-hybridized carbons (Fsp3) is 0.692. The Morgan fingerprint density at radius 2 is 1.85 bits per heavy atom. The molecule has 0 saturated carbocycles. The van der Waals surface area contributed by atoms with Gasteiger partial charge in [0, 0.05) is 19.2 Å². The van der Waals surface area contributed by atoms with Crippen LogP contribution in [0.3, 0.4) is 0 Å². The predicted octanol–water partition coefficient (Wildman–Crippen LogP) is 2.72. The maximum Gasteiger partial charge on any atom is 0.247 e. The molecule has 2 rings (SSSR count). The minimum Gasteiger partial charge on any atom is -0.452 e. The quantitative estimate of drug-likeness (QED) is 0.891. The zero-order valence-electron chi connectivity index (χ0n) is 11.7. The monoisotopic (exact) mass is 364 g/mol. The Bertz CT molecular complexity index is 534. The topological polar surface area (TPSA) is 62.6 Å². The van der Waals surface area contributed by atoms with Gasteiger partial charge in [0.25, 0.3) is 0 Å². The minimum absolute atomic E-state index is 0.239. The first kappa shape index (κ1) is 16.0. The fourth-order valence-corrected chi connectivity index (χ4v) is 4.91. The third-order valence-electron chi connectivity index (χ3n) is 3.49. The number of hydrogen-bond donors (Lipinski definition) is 1. The first-order valence-electron chi connectivity index (χ1n) is 6.98. The zero-order valence-corrected chi connectivity index (χ0v) is 14.1. The van der Waals surface area contributed by atoms with Crippen molar-refractivity contribution in [2.75, 3.05) is 20.1 Å². The molecule has 0 unspecified atom stereocenters. The molecular weight excluding hydrogens is 344 g/mol. The van der Waals surface area contributed by atoms with E-state index < -0.39 is 10.0 Å². The molecule has 20 heavy (non-hydrogen) atoms. The molecule has 1 aromatic rings. The van der Waals surface area contributed by atoms with Crippen LogP contribution in [-0.2, 0) is 16.6 Å². The predicted molar refractivity (Wildman–Crippen MR) is 81.0 cm³/mol. The summed E-state index contributed by atoms with van der Waals surface area (Å²) in [6.07, 6.45) is 5.26. The maximum atomic E-state index is 12.7. The maximum absolute atomic E-state index is 12.7. The summed E-state index contributed by atoms with van der Waals surface area (Å²) in [4.78, 5) is 0.239. The highest BCUT2D eigenvalue weighted by molar-refractivity contribution is 9.10. The first-order valence-corrected chi connectivity index (χ1v) is 9.22. The van der Waals surface area contributed by atoms with Crippen LogP contribution in [0, 0.1) is 0 Å². The fourth-order valence-electron chi connectivity index (χ4n) is 2.43. The highest BCUT2D eigenvalue weighted by Crippen LogP contribution is 2.29. The Hall–Kier alpha value is -0.370. The third kappa shape index (κ3) is 3.63. The summed E-state index contributed by atoms with van der Waals surface area (Å²) in [6.45, 7) is 1.71. The molecule has 1 aromatic heterocycles. The van der Waals surface area contributed by atoms with E-state index in [0.717, 1.165) is 25.7 Å². The molecule has 0 aliphatic carbocycles. The van der Waals surface area contributed by atoms with E-state index in [1.807, 2.05) is 0 Å². The van der Waals surface area contributed by atoms with Crippen molar-refractivity contribution >= 4 is 26.0 Å². The van der Waals surface area contributed by atoms with Crippen molar-refractivity contribution in [3.8, 4) is 0 Å². The Morgan fingerprint density at radius 1 is 1.25 bits per heavy atom. The Balaban J connectivity index is 2.23. The molecule has 5 nitrogen and oxygen atoms in total. The van der Waals surface area contributed by atoms with Gasteiger partial charge in [0.05, 0.1) is 6.54 Å². The molecule has 1 aliphatic heterocycles. The molecule has 0 spiro atoms. The molecule has 0 atom stereocenters. The number of nitrogens with one attached hydrogen (secondary N) is 1. The van der Waals surface area contributed by atoms with Crippen LogP contribution in [0.2, 0.25) is 0 Å². The smallest absolute Gasteiger partial charge is 0.247 e. The van der Waals surface area contributed by atoms with Crippen LogP contribution < -0.4 is 5.32 Å². The van der Waals surface area contributed by atoms with E-state index in [4.69, 9.17) is 4.42 Å². The van der Waals surface area contributed by atoms with E-state index in [1.165, 1.54) is 6.42 Å². The standard InChI is InChI=1S/C13H21BrN2O3S/c1-15-10-11-9-12(13(14)19-11)20(17,18)16-7-5-3-2-4-6-8-16/h9,15H,2-8,10H2,1H3. The third-order valence-corrected chi connectivity index (χ3v) is 6.25. The molecule has 1 aliphatic rings. The van der Waals surface area contributed by atoms with Crippen molar-refractivity contribution in [2.45, 2.75) is 43.5 Å². The van der Waals surface area contributed by atoms with Crippen LogP contribution in [0.5, 0.6) is 0 Å². The van der Waals surface area contributed by atoms with Gasteiger partial charge in [0.1, 0.15) is 10.7 Å². The molecule has 7 heteroatoms. The number of halogens is 1. The molecule has 1 saturated heterocycles. The summed E-state index contributed by atoms with van der Waals surface area (Å²) in [5, 5.41) is 2.95. The Morgan fingerprint density at radius 3 is 2.45 bits per heavy atom. The van der Waals surface area contributed by atoms with Crippen molar-refractivity contribution in [3.63, 3.8) is 0 Å². The summed E-state index contributed by atoms with van der Waals surface area (Å²) in [5.74, 6) is 0.616. The normalized spacial score (nSPS) is 18.7. The highest BCUT2D eigenvalue weighted by Gasteiger charge is 2.29. The average molecular weight is 365 g/mol. The van der Waals surface area contributed by atoms with Crippen LogP contribution in [0.15, 0.2) is 20.0 Å². The van der Waals surface area contributed by atoms with E-state index in [9.17, 15) is 8.42 Å². The number of hydrogen-bond acceptors (Lipinski definition) is 4. The second kappa shape index (κ2) is 7.06. The van der Waals surface area contributed by atoms with Gasteiger partial charge in [0.2, 0.25) is 10.0 Å². The molecule has 1 fully saturated rings.